The van der Waals surface area contributed by atoms with Crippen molar-refractivity contribution in [3.63, 3.8) is 0 Å². The Morgan fingerprint density at radius 1 is 0.760 bits per heavy atom. The van der Waals surface area contributed by atoms with Gasteiger partial charge in [0.05, 0.1) is 21.3 Å². The molecule has 7 nitrogen and oxygen atoms in total. The van der Waals surface area contributed by atoms with Crippen molar-refractivity contribution in [2.75, 3.05) is 21.3 Å². The fourth-order valence-electron chi connectivity index (χ4n) is 2.17. The van der Waals surface area contributed by atoms with E-state index in [1.54, 1.807) is 39.5 Å². The lowest BCUT2D eigenvalue weighted by Gasteiger charge is -2.08. The van der Waals surface area contributed by atoms with E-state index >= 15 is 0 Å². The van der Waals surface area contributed by atoms with E-state index in [-0.39, 0.29) is 6.61 Å². The molecule has 25 heavy (non-hydrogen) atoms. The van der Waals surface area contributed by atoms with Crippen molar-refractivity contribution in [3.05, 3.63) is 48.4 Å². The predicted molar refractivity (Wildman–Crippen MR) is 90.2 cm³/mol. The van der Waals surface area contributed by atoms with E-state index in [9.17, 15) is 0 Å². The minimum Gasteiger partial charge on any atom is -0.497 e. The number of rotatable bonds is 7. The Bertz CT molecular complexity index is 807. The largest absolute Gasteiger partial charge is 0.497 e. The molecule has 1 heterocycles. The third kappa shape index (κ3) is 4.00. The lowest BCUT2D eigenvalue weighted by molar-refractivity contribution is 0.261. The summed E-state index contributed by atoms with van der Waals surface area (Å²) >= 11 is 0. The van der Waals surface area contributed by atoms with Crippen LogP contribution in [-0.4, -0.2) is 31.5 Å². The third-order valence-corrected chi connectivity index (χ3v) is 3.49. The van der Waals surface area contributed by atoms with Crippen molar-refractivity contribution in [3.8, 4) is 34.5 Å². The van der Waals surface area contributed by atoms with Crippen molar-refractivity contribution in [2.24, 2.45) is 0 Å². The Hall–Kier alpha value is -3.22. The molecule has 2 aromatic carbocycles. The van der Waals surface area contributed by atoms with Crippen LogP contribution in [0.5, 0.6) is 23.0 Å². The first-order chi connectivity index (χ1) is 12.2. The highest BCUT2D eigenvalue weighted by atomic mass is 16.5. The summed E-state index contributed by atoms with van der Waals surface area (Å²) in [5.41, 5.74) is 0.808. The number of aromatic nitrogens is 2. The van der Waals surface area contributed by atoms with Gasteiger partial charge in [-0.1, -0.05) is 0 Å². The molecule has 130 valence electrons. The molecule has 0 N–H and O–H groups in total. The first-order valence-corrected chi connectivity index (χ1v) is 7.54. The van der Waals surface area contributed by atoms with E-state index in [0.29, 0.717) is 29.0 Å². The van der Waals surface area contributed by atoms with E-state index in [0.717, 1.165) is 11.3 Å². The SMILES string of the molecule is COc1ccc(-c2nnc(COc3cc(OC)cc(OC)c3)o2)cc1. The normalized spacial score (nSPS) is 10.4. The van der Waals surface area contributed by atoms with Crippen LogP contribution in [0, 0.1) is 0 Å². The molecule has 0 unspecified atom stereocenters. The van der Waals surface area contributed by atoms with Gasteiger partial charge in [0.1, 0.15) is 23.0 Å². The smallest absolute Gasteiger partial charge is 0.254 e. The molecule has 0 aliphatic carbocycles. The summed E-state index contributed by atoms with van der Waals surface area (Å²) in [5.74, 6) is 3.41. The Labute approximate surface area is 145 Å². The molecule has 0 atom stereocenters. The van der Waals surface area contributed by atoms with Crippen LogP contribution in [0.3, 0.4) is 0 Å². The molecule has 0 radical (unpaired) electrons. The van der Waals surface area contributed by atoms with Gasteiger partial charge in [-0.15, -0.1) is 10.2 Å². The Kier molecular flexibility index (Phi) is 5.03. The van der Waals surface area contributed by atoms with Crippen molar-refractivity contribution >= 4 is 0 Å². The number of methoxy groups -OCH3 is 3. The molecule has 0 aliphatic rings. The van der Waals surface area contributed by atoms with Gasteiger partial charge < -0.3 is 23.4 Å². The standard InChI is InChI=1S/C18H18N2O5/c1-21-13-6-4-12(5-7-13)18-20-19-17(25-18)11-24-16-9-14(22-2)8-15(10-16)23-3/h4-10H,11H2,1-3H3. The minimum absolute atomic E-state index is 0.138. The predicted octanol–water partition coefficient (Wildman–Crippen LogP) is 3.34. The molecule has 3 aromatic rings. The number of hydrogen-bond acceptors (Lipinski definition) is 7. The van der Waals surface area contributed by atoms with Crippen molar-refractivity contribution in [2.45, 2.75) is 6.61 Å². The highest BCUT2D eigenvalue weighted by Gasteiger charge is 2.10. The van der Waals surface area contributed by atoms with Gasteiger partial charge in [-0.2, -0.15) is 0 Å². The van der Waals surface area contributed by atoms with Gasteiger partial charge in [-0.25, -0.2) is 0 Å². The summed E-state index contributed by atoms with van der Waals surface area (Å²) in [6.07, 6.45) is 0. The molecule has 3 rings (SSSR count). The van der Waals surface area contributed by atoms with Gasteiger partial charge in [-0.05, 0) is 24.3 Å². The molecule has 0 bridgehead atoms. The number of benzene rings is 2. The summed E-state index contributed by atoms with van der Waals surface area (Å²) in [4.78, 5) is 0. The van der Waals surface area contributed by atoms with E-state index < -0.39 is 0 Å². The van der Waals surface area contributed by atoms with Crippen LogP contribution in [-0.2, 0) is 6.61 Å². The topological polar surface area (TPSA) is 75.8 Å². The summed E-state index contributed by atoms with van der Waals surface area (Å²) in [7, 11) is 4.78. The first kappa shape index (κ1) is 16.6. The van der Waals surface area contributed by atoms with Gasteiger partial charge in [0.25, 0.3) is 5.89 Å². The summed E-state index contributed by atoms with van der Waals surface area (Å²) in [6.45, 7) is 0.138. The summed E-state index contributed by atoms with van der Waals surface area (Å²) in [5, 5.41) is 8.03. The Morgan fingerprint density at radius 3 is 1.96 bits per heavy atom. The van der Waals surface area contributed by atoms with Crippen LogP contribution in [0.25, 0.3) is 11.5 Å². The van der Waals surface area contributed by atoms with Crippen LogP contribution in [0.15, 0.2) is 46.9 Å². The van der Waals surface area contributed by atoms with E-state index in [1.165, 1.54) is 0 Å². The zero-order chi connectivity index (χ0) is 17.6. The van der Waals surface area contributed by atoms with E-state index in [2.05, 4.69) is 10.2 Å². The zero-order valence-electron chi connectivity index (χ0n) is 14.2. The van der Waals surface area contributed by atoms with Crippen LogP contribution < -0.4 is 18.9 Å². The van der Waals surface area contributed by atoms with Gasteiger partial charge in [0.15, 0.2) is 6.61 Å². The zero-order valence-corrected chi connectivity index (χ0v) is 14.2. The molecule has 0 aliphatic heterocycles. The molecule has 0 amide bonds. The summed E-state index contributed by atoms with van der Waals surface area (Å²) < 4.78 is 26.9. The Balaban J connectivity index is 1.69. The molecular formula is C18H18N2O5. The maximum Gasteiger partial charge on any atom is 0.254 e. The highest BCUT2D eigenvalue weighted by Crippen LogP contribution is 2.28. The lowest BCUT2D eigenvalue weighted by Crippen LogP contribution is -1.97. The fourth-order valence-corrected chi connectivity index (χ4v) is 2.17. The fraction of sp³-hybridized carbons (Fsp3) is 0.222. The van der Waals surface area contributed by atoms with Crippen LogP contribution >= 0.6 is 0 Å². The monoisotopic (exact) mass is 342 g/mol. The molecular weight excluding hydrogens is 324 g/mol. The van der Waals surface area contributed by atoms with Gasteiger partial charge in [-0.3, -0.25) is 0 Å². The quantitative estimate of drug-likeness (QED) is 0.652. The van der Waals surface area contributed by atoms with Crippen molar-refractivity contribution in [1.82, 2.24) is 10.2 Å². The summed E-state index contributed by atoms with van der Waals surface area (Å²) in [6, 6.07) is 12.6. The van der Waals surface area contributed by atoms with Gasteiger partial charge >= 0.3 is 0 Å². The molecule has 0 saturated carbocycles. The highest BCUT2D eigenvalue weighted by molar-refractivity contribution is 5.53. The van der Waals surface area contributed by atoms with Crippen LogP contribution in [0.1, 0.15) is 5.89 Å². The van der Waals surface area contributed by atoms with Crippen molar-refractivity contribution < 1.29 is 23.4 Å². The van der Waals surface area contributed by atoms with E-state index in [4.69, 9.17) is 23.4 Å². The maximum absolute atomic E-state index is 5.69. The average molecular weight is 342 g/mol. The van der Waals surface area contributed by atoms with Gasteiger partial charge in [0.2, 0.25) is 5.89 Å². The molecule has 1 aromatic heterocycles. The average Bonchev–Trinajstić information content (AvgIpc) is 3.15. The van der Waals surface area contributed by atoms with Crippen molar-refractivity contribution in [1.29, 1.82) is 0 Å². The second-order valence-electron chi connectivity index (χ2n) is 5.07. The Morgan fingerprint density at radius 2 is 1.36 bits per heavy atom. The van der Waals surface area contributed by atoms with Crippen LogP contribution in [0.2, 0.25) is 0 Å². The van der Waals surface area contributed by atoms with E-state index in [1.807, 2.05) is 24.3 Å². The third-order valence-electron chi connectivity index (χ3n) is 3.49. The van der Waals surface area contributed by atoms with Crippen LogP contribution in [0.4, 0.5) is 0 Å². The first-order valence-electron chi connectivity index (χ1n) is 7.54. The lowest BCUT2D eigenvalue weighted by atomic mass is 10.2. The molecule has 0 fully saturated rings. The molecule has 0 saturated heterocycles. The molecule has 0 spiro atoms. The second kappa shape index (κ2) is 7.57. The number of hydrogen-bond donors (Lipinski definition) is 0. The molecule has 7 heteroatoms. The number of ether oxygens (including phenoxy) is 4. The number of nitrogens with zero attached hydrogens (tertiary/aromatic N) is 2. The minimum atomic E-state index is 0.138. The van der Waals surface area contributed by atoms with Gasteiger partial charge in [0, 0.05) is 23.8 Å². The second-order valence-corrected chi connectivity index (χ2v) is 5.07. The maximum atomic E-state index is 5.69.